The molecule has 1 atom stereocenters. The molecule has 0 bridgehead atoms. The van der Waals surface area contributed by atoms with E-state index >= 15 is 0 Å². The van der Waals surface area contributed by atoms with Gasteiger partial charge in [0.25, 0.3) is 0 Å². The largest absolute Gasteiger partial charge is 0.479 e. The van der Waals surface area contributed by atoms with Crippen molar-refractivity contribution in [3.05, 3.63) is 54.4 Å². The molecule has 3 N–H and O–H groups in total. The lowest BCUT2D eigenvalue weighted by Crippen LogP contribution is -2.41. The van der Waals surface area contributed by atoms with E-state index in [4.69, 9.17) is 0 Å². The number of carboxylic acid groups (broad SMARTS) is 1. The predicted molar refractivity (Wildman–Crippen MR) is 75.6 cm³/mol. The van der Waals surface area contributed by atoms with E-state index in [1.807, 2.05) is 0 Å². The number of aliphatic carboxylic acids is 1. The molecule has 0 aliphatic rings. The van der Waals surface area contributed by atoms with Gasteiger partial charge < -0.3 is 15.7 Å². The van der Waals surface area contributed by atoms with Crippen molar-refractivity contribution in [3.63, 3.8) is 0 Å². The van der Waals surface area contributed by atoms with Crippen LogP contribution in [0, 0.1) is 0 Å². The number of hydrogen-bond acceptors (Lipinski definition) is 3. The third kappa shape index (κ3) is 4.34. The van der Waals surface area contributed by atoms with Gasteiger partial charge in [-0.05, 0) is 11.6 Å². The predicted octanol–water partition coefficient (Wildman–Crippen LogP) is 1.01. The van der Waals surface area contributed by atoms with Crippen molar-refractivity contribution < 1.29 is 14.7 Å². The Labute approximate surface area is 121 Å². The lowest BCUT2D eigenvalue weighted by atomic mass is 10.1. The minimum Gasteiger partial charge on any atom is -0.479 e. The fourth-order valence-electron chi connectivity index (χ4n) is 1.83. The minimum atomic E-state index is -1.11. The molecule has 7 heteroatoms. The molecule has 7 nitrogen and oxygen atoms in total. The van der Waals surface area contributed by atoms with Crippen LogP contribution in [0.5, 0.6) is 0 Å². The Balaban J connectivity index is 1.85. The molecule has 0 aliphatic heterocycles. The molecule has 21 heavy (non-hydrogen) atoms. The number of nitrogens with one attached hydrogen (secondary N) is 2. The van der Waals surface area contributed by atoms with E-state index in [2.05, 4.69) is 15.7 Å². The van der Waals surface area contributed by atoms with E-state index in [1.165, 1.54) is 0 Å². The number of nitrogens with zero attached hydrogens (tertiary/aromatic N) is 2. The first kappa shape index (κ1) is 14.6. The van der Waals surface area contributed by atoms with Crippen LogP contribution >= 0.6 is 0 Å². The zero-order valence-corrected chi connectivity index (χ0v) is 11.3. The summed E-state index contributed by atoms with van der Waals surface area (Å²) < 4.78 is 1.67. The second-order valence-corrected chi connectivity index (χ2v) is 4.35. The van der Waals surface area contributed by atoms with Crippen LogP contribution in [0.4, 0.5) is 4.79 Å². The number of carbonyl (C=O) groups excluding carboxylic acids is 1. The molecule has 0 spiro atoms. The molecule has 110 valence electrons. The molecule has 0 fully saturated rings. The van der Waals surface area contributed by atoms with Gasteiger partial charge in [-0.1, -0.05) is 30.3 Å². The van der Waals surface area contributed by atoms with E-state index in [0.29, 0.717) is 18.7 Å². The first-order valence-electron chi connectivity index (χ1n) is 6.46. The van der Waals surface area contributed by atoms with Crippen LogP contribution in [0.3, 0.4) is 0 Å². The van der Waals surface area contributed by atoms with Crippen LogP contribution in [0.15, 0.2) is 48.8 Å². The molecule has 1 unspecified atom stereocenters. The molecule has 0 aliphatic carbocycles. The van der Waals surface area contributed by atoms with Crippen LogP contribution in [0.2, 0.25) is 0 Å². The highest BCUT2D eigenvalue weighted by Crippen LogP contribution is 2.12. The van der Waals surface area contributed by atoms with Gasteiger partial charge in [0.15, 0.2) is 6.04 Å². The number of rotatable bonds is 6. The van der Waals surface area contributed by atoms with Crippen molar-refractivity contribution in [3.8, 4) is 0 Å². The van der Waals surface area contributed by atoms with Gasteiger partial charge in [-0.3, -0.25) is 4.68 Å². The molecule has 2 rings (SSSR count). The molecule has 0 saturated carbocycles. The highest BCUT2D eigenvalue weighted by Gasteiger charge is 2.21. The number of aromatic nitrogens is 2. The average molecular weight is 288 g/mol. The van der Waals surface area contributed by atoms with Gasteiger partial charge in [0, 0.05) is 18.9 Å². The highest BCUT2D eigenvalue weighted by atomic mass is 16.4. The lowest BCUT2D eigenvalue weighted by molar-refractivity contribution is -0.139. The summed E-state index contributed by atoms with van der Waals surface area (Å²) >= 11 is 0. The summed E-state index contributed by atoms with van der Waals surface area (Å²) in [6.07, 6.45) is 3.43. The fourth-order valence-corrected chi connectivity index (χ4v) is 1.83. The standard InChI is InChI=1S/C14H16N4O3/c19-13(20)12(11-5-2-1-3-6-11)17-14(21)15-8-10-18-9-4-7-16-18/h1-7,9,12H,8,10H2,(H,19,20)(H2,15,17,21). The Morgan fingerprint density at radius 3 is 2.62 bits per heavy atom. The Kier molecular flexibility index (Phi) is 4.92. The van der Waals surface area contributed by atoms with Crippen LogP contribution in [0.1, 0.15) is 11.6 Å². The summed E-state index contributed by atoms with van der Waals surface area (Å²) in [5.41, 5.74) is 0.521. The number of benzene rings is 1. The quantitative estimate of drug-likeness (QED) is 0.739. The molecule has 2 aromatic rings. The summed E-state index contributed by atoms with van der Waals surface area (Å²) in [4.78, 5) is 23.0. The lowest BCUT2D eigenvalue weighted by Gasteiger charge is -2.15. The Bertz CT molecular complexity index is 584. The third-order valence-electron chi connectivity index (χ3n) is 2.84. The average Bonchev–Trinajstić information content (AvgIpc) is 2.98. The van der Waals surface area contributed by atoms with Gasteiger partial charge in [-0.2, -0.15) is 5.10 Å². The van der Waals surface area contributed by atoms with Gasteiger partial charge in [-0.25, -0.2) is 9.59 Å². The summed E-state index contributed by atoms with van der Waals surface area (Å²) in [6.45, 7) is 0.873. The summed E-state index contributed by atoms with van der Waals surface area (Å²) in [7, 11) is 0. The molecule has 1 heterocycles. The number of amides is 2. The van der Waals surface area contributed by atoms with Crippen molar-refractivity contribution in [2.75, 3.05) is 6.54 Å². The highest BCUT2D eigenvalue weighted by molar-refractivity contribution is 5.83. The smallest absolute Gasteiger partial charge is 0.330 e. The van der Waals surface area contributed by atoms with E-state index < -0.39 is 18.0 Å². The first-order chi connectivity index (χ1) is 10.2. The maximum absolute atomic E-state index is 11.7. The number of hydrogen-bond donors (Lipinski definition) is 3. The number of carboxylic acids is 1. The van der Waals surface area contributed by atoms with Gasteiger partial charge in [0.1, 0.15) is 0 Å². The van der Waals surface area contributed by atoms with E-state index in [1.54, 1.807) is 53.5 Å². The van der Waals surface area contributed by atoms with Crippen LogP contribution < -0.4 is 10.6 Å². The Hall–Kier alpha value is -2.83. The number of urea groups is 1. The number of carbonyl (C=O) groups is 2. The zero-order chi connectivity index (χ0) is 15.1. The first-order valence-corrected chi connectivity index (χ1v) is 6.46. The summed E-state index contributed by atoms with van der Waals surface area (Å²) in [5, 5.41) is 18.2. The van der Waals surface area contributed by atoms with Gasteiger partial charge in [0.05, 0.1) is 6.54 Å². The van der Waals surface area contributed by atoms with Gasteiger partial charge in [-0.15, -0.1) is 0 Å². The van der Waals surface area contributed by atoms with E-state index in [0.717, 1.165) is 0 Å². The van der Waals surface area contributed by atoms with Crippen molar-refractivity contribution >= 4 is 12.0 Å². The maximum Gasteiger partial charge on any atom is 0.330 e. The van der Waals surface area contributed by atoms with Crippen molar-refractivity contribution in [2.24, 2.45) is 0 Å². The van der Waals surface area contributed by atoms with Gasteiger partial charge in [0.2, 0.25) is 0 Å². The van der Waals surface area contributed by atoms with E-state index in [-0.39, 0.29) is 0 Å². The molecular formula is C14H16N4O3. The van der Waals surface area contributed by atoms with Crippen LogP contribution in [0.25, 0.3) is 0 Å². The second-order valence-electron chi connectivity index (χ2n) is 4.35. The van der Waals surface area contributed by atoms with Crippen molar-refractivity contribution in [1.82, 2.24) is 20.4 Å². The second kappa shape index (κ2) is 7.09. The molecule has 0 radical (unpaired) electrons. The Morgan fingerprint density at radius 2 is 2.00 bits per heavy atom. The van der Waals surface area contributed by atoms with Crippen LogP contribution in [-0.2, 0) is 11.3 Å². The fraction of sp³-hybridized carbons (Fsp3) is 0.214. The zero-order valence-electron chi connectivity index (χ0n) is 11.3. The molecule has 2 amide bonds. The minimum absolute atomic E-state index is 0.356. The van der Waals surface area contributed by atoms with Gasteiger partial charge >= 0.3 is 12.0 Å². The molecular weight excluding hydrogens is 272 g/mol. The maximum atomic E-state index is 11.7. The SMILES string of the molecule is O=C(NCCn1cccn1)NC(C(=O)O)c1ccccc1. The molecule has 1 aromatic carbocycles. The summed E-state index contributed by atoms with van der Waals surface area (Å²) in [6, 6.07) is 8.73. The van der Waals surface area contributed by atoms with Crippen LogP contribution in [-0.4, -0.2) is 33.4 Å². The topological polar surface area (TPSA) is 96.3 Å². The van der Waals surface area contributed by atoms with Crippen molar-refractivity contribution in [2.45, 2.75) is 12.6 Å². The third-order valence-corrected chi connectivity index (χ3v) is 2.84. The molecule has 0 saturated heterocycles. The van der Waals surface area contributed by atoms with E-state index in [9.17, 15) is 14.7 Å². The summed E-state index contributed by atoms with van der Waals surface area (Å²) in [5.74, 6) is -1.11. The molecule has 1 aromatic heterocycles. The van der Waals surface area contributed by atoms with Crippen molar-refractivity contribution in [1.29, 1.82) is 0 Å². The Morgan fingerprint density at radius 1 is 1.24 bits per heavy atom. The monoisotopic (exact) mass is 288 g/mol. The normalized spacial score (nSPS) is 11.6.